The Balaban J connectivity index is 3.09. The SMILES string of the molecule is COc1nc(C)ncc1C. The minimum absolute atomic E-state index is 0.660. The van der Waals surface area contributed by atoms with Gasteiger partial charge in [-0.15, -0.1) is 0 Å². The normalized spacial score (nSPS) is 9.50. The molecule has 0 atom stereocenters. The van der Waals surface area contributed by atoms with Crippen molar-refractivity contribution in [1.82, 2.24) is 9.97 Å². The number of aromatic nitrogens is 2. The lowest BCUT2D eigenvalue weighted by molar-refractivity contribution is 0.392. The van der Waals surface area contributed by atoms with Gasteiger partial charge in [0.15, 0.2) is 0 Å². The van der Waals surface area contributed by atoms with Crippen molar-refractivity contribution in [2.75, 3.05) is 7.11 Å². The van der Waals surface area contributed by atoms with E-state index in [1.807, 2.05) is 13.8 Å². The third-order valence-corrected chi connectivity index (χ3v) is 1.24. The molecule has 3 nitrogen and oxygen atoms in total. The number of hydrogen-bond donors (Lipinski definition) is 0. The van der Waals surface area contributed by atoms with Crippen molar-refractivity contribution in [3.05, 3.63) is 17.6 Å². The molecule has 0 fully saturated rings. The van der Waals surface area contributed by atoms with Gasteiger partial charge in [-0.1, -0.05) is 0 Å². The van der Waals surface area contributed by atoms with E-state index < -0.39 is 0 Å². The maximum atomic E-state index is 4.97. The van der Waals surface area contributed by atoms with Crippen molar-refractivity contribution in [3.63, 3.8) is 0 Å². The molecule has 0 N–H and O–H groups in total. The van der Waals surface area contributed by atoms with Crippen LogP contribution in [0, 0.1) is 13.8 Å². The Kier molecular flexibility index (Phi) is 1.85. The van der Waals surface area contributed by atoms with Gasteiger partial charge in [0.05, 0.1) is 7.11 Å². The molecular formula is C7H10N2O. The summed E-state index contributed by atoms with van der Waals surface area (Å²) < 4.78 is 4.97. The minimum atomic E-state index is 0.660. The van der Waals surface area contributed by atoms with Crippen LogP contribution in [-0.2, 0) is 0 Å². The van der Waals surface area contributed by atoms with Crippen LogP contribution in [0.25, 0.3) is 0 Å². The van der Waals surface area contributed by atoms with Gasteiger partial charge in [0.1, 0.15) is 5.82 Å². The van der Waals surface area contributed by atoms with Crippen LogP contribution in [0.15, 0.2) is 6.20 Å². The molecule has 10 heavy (non-hydrogen) atoms. The van der Waals surface area contributed by atoms with Crippen LogP contribution >= 0.6 is 0 Å². The zero-order valence-electron chi connectivity index (χ0n) is 6.38. The summed E-state index contributed by atoms with van der Waals surface area (Å²) in [5.74, 6) is 1.40. The van der Waals surface area contributed by atoms with Crippen molar-refractivity contribution in [3.8, 4) is 5.88 Å². The highest BCUT2D eigenvalue weighted by Crippen LogP contribution is 2.10. The first-order chi connectivity index (χ1) is 4.74. The monoisotopic (exact) mass is 138 g/mol. The van der Waals surface area contributed by atoms with Crippen molar-refractivity contribution >= 4 is 0 Å². The van der Waals surface area contributed by atoms with E-state index in [9.17, 15) is 0 Å². The fourth-order valence-electron chi connectivity index (χ4n) is 0.716. The molecule has 0 aliphatic heterocycles. The molecule has 1 heterocycles. The van der Waals surface area contributed by atoms with Crippen LogP contribution < -0.4 is 4.74 Å². The van der Waals surface area contributed by atoms with Crippen LogP contribution in [0.2, 0.25) is 0 Å². The highest BCUT2D eigenvalue weighted by atomic mass is 16.5. The number of nitrogens with zero attached hydrogens (tertiary/aromatic N) is 2. The van der Waals surface area contributed by atoms with E-state index in [-0.39, 0.29) is 0 Å². The Morgan fingerprint density at radius 3 is 2.60 bits per heavy atom. The van der Waals surface area contributed by atoms with Crippen LogP contribution in [-0.4, -0.2) is 17.1 Å². The second-order valence-corrected chi connectivity index (χ2v) is 2.11. The van der Waals surface area contributed by atoms with Gasteiger partial charge in [-0.2, -0.15) is 4.98 Å². The topological polar surface area (TPSA) is 35.0 Å². The molecule has 0 spiro atoms. The molecular weight excluding hydrogens is 128 g/mol. The predicted octanol–water partition coefficient (Wildman–Crippen LogP) is 1.10. The van der Waals surface area contributed by atoms with Crippen molar-refractivity contribution in [1.29, 1.82) is 0 Å². The molecule has 0 unspecified atom stereocenters. The Bertz CT molecular complexity index is 235. The van der Waals surface area contributed by atoms with E-state index >= 15 is 0 Å². The van der Waals surface area contributed by atoms with Gasteiger partial charge in [0.25, 0.3) is 0 Å². The molecule has 0 radical (unpaired) electrons. The molecule has 0 saturated heterocycles. The second-order valence-electron chi connectivity index (χ2n) is 2.11. The maximum absolute atomic E-state index is 4.97. The van der Waals surface area contributed by atoms with Crippen LogP contribution in [0.1, 0.15) is 11.4 Å². The fourth-order valence-corrected chi connectivity index (χ4v) is 0.716. The van der Waals surface area contributed by atoms with Crippen LogP contribution in [0.4, 0.5) is 0 Å². The summed E-state index contributed by atoms with van der Waals surface area (Å²) in [6.07, 6.45) is 1.75. The summed E-state index contributed by atoms with van der Waals surface area (Å²) in [5.41, 5.74) is 0.966. The highest BCUT2D eigenvalue weighted by Gasteiger charge is 1.98. The van der Waals surface area contributed by atoms with Crippen LogP contribution in [0.5, 0.6) is 5.88 Å². The smallest absolute Gasteiger partial charge is 0.219 e. The molecule has 0 saturated carbocycles. The Hall–Kier alpha value is -1.12. The summed E-state index contributed by atoms with van der Waals surface area (Å²) in [6.45, 7) is 3.75. The molecule has 3 heteroatoms. The lowest BCUT2D eigenvalue weighted by Gasteiger charge is -2.01. The average molecular weight is 138 g/mol. The molecule has 1 aromatic rings. The number of hydrogen-bond acceptors (Lipinski definition) is 3. The molecule has 1 rings (SSSR count). The van der Waals surface area contributed by atoms with E-state index in [1.165, 1.54) is 0 Å². The van der Waals surface area contributed by atoms with Crippen molar-refractivity contribution in [2.45, 2.75) is 13.8 Å². The van der Waals surface area contributed by atoms with Crippen molar-refractivity contribution in [2.24, 2.45) is 0 Å². The number of methoxy groups -OCH3 is 1. The first kappa shape index (κ1) is 6.99. The van der Waals surface area contributed by atoms with Gasteiger partial charge in [-0.25, -0.2) is 4.98 Å². The molecule has 0 aromatic carbocycles. The Morgan fingerprint density at radius 1 is 1.40 bits per heavy atom. The van der Waals surface area contributed by atoms with Gasteiger partial charge in [-0.3, -0.25) is 0 Å². The summed E-state index contributed by atoms with van der Waals surface area (Å²) in [5, 5.41) is 0. The third kappa shape index (κ3) is 1.23. The lowest BCUT2D eigenvalue weighted by Crippen LogP contribution is -1.94. The van der Waals surface area contributed by atoms with E-state index in [0.29, 0.717) is 5.88 Å². The van der Waals surface area contributed by atoms with Gasteiger partial charge < -0.3 is 4.74 Å². The molecule has 0 aliphatic carbocycles. The molecule has 1 aromatic heterocycles. The Labute approximate surface area is 60.1 Å². The van der Waals surface area contributed by atoms with Crippen LogP contribution in [0.3, 0.4) is 0 Å². The average Bonchev–Trinajstić information content (AvgIpc) is 1.94. The van der Waals surface area contributed by atoms with E-state index in [1.54, 1.807) is 13.3 Å². The second kappa shape index (κ2) is 2.64. The van der Waals surface area contributed by atoms with Gasteiger partial charge in [0, 0.05) is 11.8 Å². The molecule has 54 valence electrons. The zero-order chi connectivity index (χ0) is 7.56. The summed E-state index contributed by atoms with van der Waals surface area (Å²) in [4.78, 5) is 8.05. The van der Waals surface area contributed by atoms with Crippen molar-refractivity contribution < 1.29 is 4.74 Å². The standard InChI is InChI=1S/C7H10N2O/c1-5-4-8-6(2)9-7(5)10-3/h4H,1-3H3. The number of rotatable bonds is 1. The van der Waals surface area contributed by atoms with E-state index in [2.05, 4.69) is 9.97 Å². The Morgan fingerprint density at radius 2 is 2.10 bits per heavy atom. The number of aryl methyl sites for hydroxylation is 2. The molecule has 0 aliphatic rings. The summed E-state index contributed by atoms with van der Waals surface area (Å²) >= 11 is 0. The zero-order valence-corrected chi connectivity index (χ0v) is 6.38. The highest BCUT2D eigenvalue weighted by molar-refractivity contribution is 5.21. The first-order valence-corrected chi connectivity index (χ1v) is 3.08. The first-order valence-electron chi connectivity index (χ1n) is 3.08. The largest absolute Gasteiger partial charge is 0.481 e. The lowest BCUT2D eigenvalue weighted by atomic mass is 10.4. The molecule has 0 bridgehead atoms. The van der Waals surface area contributed by atoms with E-state index in [0.717, 1.165) is 11.4 Å². The summed E-state index contributed by atoms with van der Waals surface area (Å²) in [7, 11) is 1.61. The minimum Gasteiger partial charge on any atom is -0.481 e. The summed E-state index contributed by atoms with van der Waals surface area (Å²) in [6, 6.07) is 0. The van der Waals surface area contributed by atoms with Gasteiger partial charge in [-0.05, 0) is 13.8 Å². The maximum Gasteiger partial charge on any atom is 0.219 e. The predicted molar refractivity (Wildman–Crippen MR) is 38.1 cm³/mol. The van der Waals surface area contributed by atoms with Gasteiger partial charge in [0.2, 0.25) is 5.88 Å². The van der Waals surface area contributed by atoms with E-state index in [4.69, 9.17) is 4.74 Å². The third-order valence-electron chi connectivity index (χ3n) is 1.24. The fraction of sp³-hybridized carbons (Fsp3) is 0.429. The van der Waals surface area contributed by atoms with Gasteiger partial charge >= 0.3 is 0 Å². The number of ether oxygens (including phenoxy) is 1. The molecule has 0 amide bonds. The quantitative estimate of drug-likeness (QED) is 0.583.